The van der Waals surface area contributed by atoms with Crippen LogP contribution in [0.1, 0.15) is 10.7 Å². The topological polar surface area (TPSA) is 51.8 Å². The van der Waals surface area contributed by atoms with Crippen molar-refractivity contribution in [3.05, 3.63) is 23.0 Å². The number of pyridine rings is 1. The molecule has 0 radical (unpaired) electrons. The second-order valence-electron chi connectivity index (χ2n) is 2.88. The van der Waals surface area contributed by atoms with E-state index in [9.17, 15) is 0 Å². The van der Waals surface area contributed by atoms with Gasteiger partial charge in [-0.1, -0.05) is 0 Å². The molecule has 0 saturated carbocycles. The molecule has 2 aromatic rings. The minimum absolute atomic E-state index is 0.628. The highest BCUT2D eigenvalue weighted by atomic mass is 32.1. The maximum atomic E-state index is 5.49. The maximum absolute atomic E-state index is 5.49. The third kappa shape index (κ3) is 1.55. The zero-order valence-electron chi connectivity index (χ0n) is 7.45. The molecule has 13 heavy (non-hydrogen) atoms. The molecular weight excluding hydrogens is 182 g/mol. The van der Waals surface area contributed by atoms with E-state index in [2.05, 4.69) is 9.97 Å². The van der Waals surface area contributed by atoms with Crippen molar-refractivity contribution in [3.63, 3.8) is 0 Å². The fourth-order valence-electron chi connectivity index (χ4n) is 1.34. The lowest BCUT2D eigenvalue weighted by Crippen LogP contribution is -2.04. The highest BCUT2D eigenvalue weighted by molar-refractivity contribution is 7.18. The average molecular weight is 193 g/mol. The molecule has 2 aromatic heterocycles. The average Bonchev–Trinajstić information content (AvgIpc) is 2.47. The highest BCUT2D eigenvalue weighted by Gasteiger charge is 2.05. The van der Waals surface area contributed by atoms with Crippen molar-refractivity contribution in [2.24, 2.45) is 5.73 Å². The number of nitrogens with zero attached hydrogens (tertiary/aromatic N) is 2. The van der Waals surface area contributed by atoms with Gasteiger partial charge in [0.25, 0.3) is 0 Å². The summed E-state index contributed by atoms with van der Waals surface area (Å²) in [6, 6.07) is 2.00. The van der Waals surface area contributed by atoms with Crippen LogP contribution in [-0.4, -0.2) is 16.5 Å². The number of aryl methyl sites for hydroxylation is 1. The summed E-state index contributed by atoms with van der Waals surface area (Å²) < 4.78 is 1.20. The Labute approximate surface area is 80.6 Å². The monoisotopic (exact) mass is 193 g/mol. The van der Waals surface area contributed by atoms with Crippen molar-refractivity contribution in [1.82, 2.24) is 9.97 Å². The van der Waals surface area contributed by atoms with Gasteiger partial charge in [0.05, 0.1) is 15.4 Å². The van der Waals surface area contributed by atoms with Gasteiger partial charge in [-0.05, 0) is 19.5 Å². The molecule has 0 unspecified atom stereocenters. The molecule has 0 atom stereocenters. The number of thiazole rings is 1. The fourth-order valence-corrected chi connectivity index (χ4v) is 2.18. The van der Waals surface area contributed by atoms with Gasteiger partial charge in [-0.3, -0.25) is 4.98 Å². The quantitative estimate of drug-likeness (QED) is 0.786. The zero-order valence-corrected chi connectivity index (χ0v) is 8.27. The maximum Gasteiger partial charge on any atom is 0.103 e. The second-order valence-corrected chi connectivity index (χ2v) is 4.11. The predicted molar refractivity (Wildman–Crippen MR) is 54.9 cm³/mol. The van der Waals surface area contributed by atoms with E-state index >= 15 is 0 Å². The molecule has 0 aliphatic heterocycles. The standard InChI is InChI=1S/C9H11N3S/c1-6-12-9-7(2-4-10)11-5-3-8(9)13-6/h3,5H,2,4,10H2,1H3. The summed E-state index contributed by atoms with van der Waals surface area (Å²) in [5.74, 6) is 0. The summed E-state index contributed by atoms with van der Waals surface area (Å²) in [7, 11) is 0. The summed E-state index contributed by atoms with van der Waals surface area (Å²) in [6.07, 6.45) is 2.63. The molecule has 2 heterocycles. The van der Waals surface area contributed by atoms with Crippen LogP contribution in [0.15, 0.2) is 12.3 Å². The Balaban J connectivity index is 2.60. The first kappa shape index (κ1) is 8.59. The van der Waals surface area contributed by atoms with Crippen LogP contribution >= 0.6 is 11.3 Å². The first-order chi connectivity index (χ1) is 6.31. The first-order valence-electron chi connectivity index (χ1n) is 4.22. The summed E-state index contributed by atoms with van der Waals surface area (Å²) in [5, 5.41) is 1.08. The lowest BCUT2D eigenvalue weighted by molar-refractivity contribution is 0.931. The van der Waals surface area contributed by atoms with Crippen molar-refractivity contribution in [3.8, 4) is 0 Å². The molecule has 0 aliphatic rings. The van der Waals surface area contributed by atoms with Gasteiger partial charge in [0, 0.05) is 12.6 Å². The minimum atomic E-state index is 0.628. The van der Waals surface area contributed by atoms with E-state index in [1.54, 1.807) is 11.3 Å². The predicted octanol–water partition coefficient (Wildman–Crippen LogP) is 1.50. The molecule has 2 rings (SSSR count). The van der Waals surface area contributed by atoms with Crippen LogP contribution in [0.2, 0.25) is 0 Å². The van der Waals surface area contributed by atoms with Crippen molar-refractivity contribution in [2.45, 2.75) is 13.3 Å². The summed E-state index contributed by atoms with van der Waals surface area (Å²) in [4.78, 5) is 8.71. The van der Waals surface area contributed by atoms with Crippen LogP contribution in [0.3, 0.4) is 0 Å². The molecule has 3 nitrogen and oxygen atoms in total. The van der Waals surface area contributed by atoms with Crippen LogP contribution in [0.25, 0.3) is 10.2 Å². The molecule has 0 saturated heterocycles. The van der Waals surface area contributed by atoms with E-state index in [1.165, 1.54) is 4.70 Å². The molecule has 4 heteroatoms. The molecule has 0 amide bonds. The Bertz CT molecular complexity index is 422. The van der Waals surface area contributed by atoms with E-state index in [0.29, 0.717) is 6.54 Å². The molecule has 0 aliphatic carbocycles. The van der Waals surface area contributed by atoms with Gasteiger partial charge in [-0.2, -0.15) is 0 Å². The van der Waals surface area contributed by atoms with E-state index in [1.807, 2.05) is 19.2 Å². The molecule has 0 fully saturated rings. The van der Waals surface area contributed by atoms with Crippen molar-refractivity contribution >= 4 is 21.6 Å². The van der Waals surface area contributed by atoms with E-state index in [0.717, 1.165) is 22.6 Å². The van der Waals surface area contributed by atoms with E-state index < -0.39 is 0 Å². The summed E-state index contributed by atoms with van der Waals surface area (Å²) in [6.45, 7) is 2.64. The van der Waals surface area contributed by atoms with Crippen LogP contribution in [0.5, 0.6) is 0 Å². The molecular formula is C9H11N3S. The normalized spacial score (nSPS) is 10.9. The van der Waals surface area contributed by atoms with Gasteiger partial charge in [0.15, 0.2) is 0 Å². The highest BCUT2D eigenvalue weighted by Crippen LogP contribution is 2.22. The zero-order chi connectivity index (χ0) is 9.26. The lowest BCUT2D eigenvalue weighted by atomic mass is 10.2. The van der Waals surface area contributed by atoms with Crippen molar-refractivity contribution in [1.29, 1.82) is 0 Å². The Morgan fingerprint density at radius 1 is 1.54 bits per heavy atom. The van der Waals surface area contributed by atoms with Crippen LogP contribution in [0.4, 0.5) is 0 Å². The SMILES string of the molecule is Cc1nc2c(CCN)nccc2s1. The summed E-state index contributed by atoms with van der Waals surface area (Å²) in [5.41, 5.74) is 7.54. The third-order valence-corrected chi connectivity index (χ3v) is 2.81. The van der Waals surface area contributed by atoms with Gasteiger partial charge >= 0.3 is 0 Å². The number of fused-ring (bicyclic) bond motifs is 1. The van der Waals surface area contributed by atoms with Crippen LogP contribution in [0, 0.1) is 6.92 Å². The largest absolute Gasteiger partial charge is 0.330 e. The van der Waals surface area contributed by atoms with Crippen molar-refractivity contribution in [2.75, 3.05) is 6.54 Å². The van der Waals surface area contributed by atoms with Gasteiger partial charge in [0.2, 0.25) is 0 Å². The molecule has 0 bridgehead atoms. The molecule has 0 aromatic carbocycles. The number of hydrogen-bond acceptors (Lipinski definition) is 4. The minimum Gasteiger partial charge on any atom is -0.330 e. The lowest BCUT2D eigenvalue weighted by Gasteiger charge is -1.96. The summed E-state index contributed by atoms with van der Waals surface area (Å²) >= 11 is 1.70. The van der Waals surface area contributed by atoms with Gasteiger partial charge in [0.1, 0.15) is 5.52 Å². The molecule has 68 valence electrons. The number of aromatic nitrogens is 2. The van der Waals surface area contributed by atoms with Gasteiger partial charge in [-0.25, -0.2) is 4.98 Å². The molecule has 2 N–H and O–H groups in total. The smallest absolute Gasteiger partial charge is 0.103 e. The van der Waals surface area contributed by atoms with Crippen LogP contribution in [-0.2, 0) is 6.42 Å². The van der Waals surface area contributed by atoms with E-state index in [-0.39, 0.29) is 0 Å². The third-order valence-electron chi connectivity index (χ3n) is 1.87. The Morgan fingerprint density at radius 2 is 2.38 bits per heavy atom. The number of rotatable bonds is 2. The second kappa shape index (κ2) is 3.40. The molecule has 0 spiro atoms. The fraction of sp³-hybridized carbons (Fsp3) is 0.333. The Morgan fingerprint density at radius 3 is 3.15 bits per heavy atom. The first-order valence-corrected chi connectivity index (χ1v) is 5.04. The van der Waals surface area contributed by atoms with Crippen LogP contribution < -0.4 is 5.73 Å². The van der Waals surface area contributed by atoms with Crippen molar-refractivity contribution < 1.29 is 0 Å². The number of hydrogen-bond donors (Lipinski definition) is 1. The Kier molecular flexibility index (Phi) is 2.24. The number of nitrogens with two attached hydrogens (primary N) is 1. The van der Waals surface area contributed by atoms with Gasteiger partial charge < -0.3 is 5.73 Å². The Hall–Kier alpha value is -1.00. The van der Waals surface area contributed by atoms with E-state index in [4.69, 9.17) is 5.73 Å². The van der Waals surface area contributed by atoms with Gasteiger partial charge in [-0.15, -0.1) is 11.3 Å².